The van der Waals surface area contributed by atoms with Gasteiger partial charge in [0.25, 0.3) is 5.91 Å². The molecule has 2 fully saturated rings. The molecule has 0 aromatic heterocycles. The van der Waals surface area contributed by atoms with Crippen molar-refractivity contribution < 1.29 is 14.3 Å². The lowest BCUT2D eigenvalue weighted by molar-refractivity contribution is -0.134. The Morgan fingerprint density at radius 2 is 2.09 bits per heavy atom. The molecule has 1 amide bonds. The Bertz CT molecular complexity index is 617. The number of hydrogen-bond donors (Lipinski definition) is 0. The van der Waals surface area contributed by atoms with Gasteiger partial charge in [0.15, 0.2) is 18.1 Å². The summed E-state index contributed by atoms with van der Waals surface area (Å²) in [6.07, 6.45) is 5.72. The van der Waals surface area contributed by atoms with E-state index >= 15 is 0 Å². The Kier molecular flexibility index (Phi) is 3.51. The maximum Gasteiger partial charge on any atom is 0.260 e. The smallest absolute Gasteiger partial charge is 0.260 e. The first-order valence-electron chi connectivity index (χ1n) is 8.75. The zero-order chi connectivity index (χ0) is 16.0. The number of hydrogen-bond acceptors (Lipinski definition) is 3. The minimum Gasteiger partial charge on any atom is -0.483 e. The number of carbonyl (C=O) groups is 1. The van der Waals surface area contributed by atoms with Crippen molar-refractivity contribution in [1.82, 2.24) is 4.90 Å². The van der Waals surface area contributed by atoms with Gasteiger partial charge in [0.05, 0.1) is 0 Å². The molecule has 3 aliphatic rings. The van der Waals surface area contributed by atoms with Crippen LogP contribution >= 0.6 is 0 Å². The maximum atomic E-state index is 12.5. The summed E-state index contributed by atoms with van der Waals surface area (Å²) in [4.78, 5) is 14.6. The summed E-state index contributed by atoms with van der Waals surface area (Å²) in [6, 6.07) is 6.41. The van der Waals surface area contributed by atoms with Gasteiger partial charge in [0.2, 0.25) is 0 Å². The van der Waals surface area contributed by atoms with Crippen LogP contribution in [-0.2, 0) is 11.2 Å². The number of rotatable bonds is 6. The molecule has 1 heterocycles. The molecule has 23 heavy (non-hydrogen) atoms. The summed E-state index contributed by atoms with van der Waals surface area (Å²) in [7, 11) is 0. The summed E-state index contributed by atoms with van der Waals surface area (Å²) in [5.41, 5.74) is 0.967. The molecule has 2 aliphatic carbocycles. The van der Waals surface area contributed by atoms with Gasteiger partial charge in [-0.15, -0.1) is 0 Å². The van der Waals surface area contributed by atoms with E-state index in [0.717, 1.165) is 43.0 Å². The lowest BCUT2D eigenvalue weighted by Crippen LogP contribution is -2.38. The highest BCUT2D eigenvalue weighted by Gasteiger charge is 2.37. The third-order valence-electron chi connectivity index (χ3n) is 4.87. The van der Waals surface area contributed by atoms with Gasteiger partial charge < -0.3 is 14.4 Å². The molecule has 4 rings (SSSR count). The largest absolute Gasteiger partial charge is 0.483 e. The molecule has 4 nitrogen and oxygen atoms in total. The minimum absolute atomic E-state index is 0.115. The standard InChI is InChI=1S/C19H25NO3/c1-19(2)10-14-4-3-5-16(18(14)23-19)22-12-17(21)20(15-8-9-15)11-13-6-7-13/h3-5,13,15H,6-12H2,1-2H3. The van der Waals surface area contributed by atoms with Gasteiger partial charge in [0.1, 0.15) is 5.60 Å². The van der Waals surface area contributed by atoms with Crippen molar-refractivity contribution in [3.05, 3.63) is 23.8 Å². The van der Waals surface area contributed by atoms with E-state index in [2.05, 4.69) is 19.9 Å². The Hall–Kier alpha value is -1.71. The van der Waals surface area contributed by atoms with Crippen LogP contribution in [0, 0.1) is 5.92 Å². The Labute approximate surface area is 137 Å². The first-order valence-corrected chi connectivity index (χ1v) is 8.75. The molecule has 124 valence electrons. The van der Waals surface area contributed by atoms with Crippen molar-refractivity contribution in [2.24, 2.45) is 5.92 Å². The summed E-state index contributed by atoms with van der Waals surface area (Å²) < 4.78 is 11.9. The minimum atomic E-state index is -0.197. The molecule has 0 spiro atoms. The van der Waals surface area contributed by atoms with E-state index in [9.17, 15) is 4.79 Å². The number of nitrogens with zero attached hydrogens (tertiary/aromatic N) is 1. The SMILES string of the molecule is CC1(C)Cc2cccc(OCC(=O)N(CC3CC3)C3CC3)c2O1. The quantitative estimate of drug-likeness (QED) is 0.809. The molecule has 0 bridgehead atoms. The molecule has 2 saturated carbocycles. The number of carbonyl (C=O) groups excluding carboxylic acids is 1. The number of fused-ring (bicyclic) bond motifs is 1. The number of amides is 1. The van der Waals surface area contributed by atoms with Crippen LogP contribution in [0.3, 0.4) is 0 Å². The lowest BCUT2D eigenvalue weighted by Gasteiger charge is -2.23. The van der Waals surface area contributed by atoms with E-state index in [0.29, 0.717) is 11.8 Å². The van der Waals surface area contributed by atoms with E-state index in [1.165, 1.54) is 12.8 Å². The van der Waals surface area contributed by atoms with Gasteiger partial charge in [0, 0.05) is 24.6 Å². The van der Waals surface area contributed by atoms with Crippen LogP contribution in [0.2, 0.25) is 0 Å². The normalized spacial score (nSPS) is 21.5. The average molecular weight is 315 g/mol. The van der Waals surface area contributed by atoms with Crippen LogP contribution in [-0.4, -0.2) is 35.6 Å². The second kappa shape index (κ2) is 5.43. The van der Waals surface area contributed by atoms with E-state index < -0.39 is 0 Å². The van der Waals surface area contributed by atoms with Crippen molar-refractivity contribution in [3.63, 3.8) is 0 Å². The third-order valence-corrected chi connectivity index (χ3v) is 4.87. The molecule has 0 N–H and O–H groups in total. The van der Waals surface area contributed by atoms with Gasteiger partial charge >= 0.3 is 0 Å². The molecule has 1 aliphatic heterocycles. The van der Waals surface area contributed by atoms with Crippen molar-refractivity contribution in [3.8, 4) is 11.5 Å². The maximum absolute atomic E-state index is 12.5. The van der Waals surface area contributed by atoms with E-state index in [1.807, 2.05) is 17.0 Å². The van der Waals surface area contributed by atoms with E-state index in [-0.39, 0.29) is 18.1 Å². The predicted molar refractivity (Wildman–Crippen MR) is 87.8 cm³/mol. The molecular weight excluding hydrogens is 290 g/mol. The van der Waals surface area contributed by atoms with Crippen molar-refractivity contribution in [2.45, 2.75) is 57.6 Å². The molecule has 4 heteroatoms. The van der Waals surface area contributed by atoms with Crippen LogP contribution in [0.15, 0.2) is 18.2 Å². The Balaban J connectivity index is 1.41. The summed E-state index contributed by atoms with van der Waals surface area (Å²) in [5.74, 6) is 2.35. The van der Waals surface area contributed by atoms with Crippen molar-refractivity contribution in [1.29, 1.82) is 0 Å². The van der Waals surface area contributed by atoms with Crippen LogP contribution in [0.25, 0.3) is 0 Å². The monoisotopic (exact) mass is 315 g/mol. The van der Waals surface area contributed by atoms with Gasteiger partial charge in [-0.1, -0.05) is 12.1 Å². The zero-order valence-electron chi connectivity index (χ0n) is 14.0. The number of para-hydroxylation sites is 1. The second-order valence-electron chi connectivity index (χ2n) is 7.79. The predicted octanol–water partition coefficient (Wildman–Crippen LogP) is 3.18. The fourth-order valence-corrected chi connectivity index (χ4v) is 3.34. The zero-order valence-corrected chi connectivity index (χ0v) is 14.0. The van der Waals surface area contributed by atoms with E-state index in [4.69, 9.17) is 9.47 Å². The highest BCUT2D eigenvalue weighted by molar-refractivity contribution is 5.78. The fourth-order valence-electron chi connectivity index (χ4n) is 3.34. The fraction of sp³-hybridized carbons (Fsp3) is 0.632. The first kappa shape index (κ1) is 14.9. The van der Waals surface area contributed by atoms with Gasteiger partial charge in [-0.2, -0.15) is 0 Å². The summed E-state index contributed by atoms with van der Waals surface area (Å²) in [6.45, 7) is 5.19. The van der Waals surface area contributed by atoms with E-state index in [1.54, 1.807) is 0 Å². The van der Waals surface area contributed by atoms with Crippen LogP contribution in [0.4, 0.5) is 0 Å². The molecular formula is C19H25NO3. The second-order valence-corrected chi connectivity index (χ2v) is 7.79. The highest BCUT2D eigenvalue weighted by atomic mass is 16.5. The average Bonchev–Trinajstić information content (AvgIpc) is 3.38. The van der Waals surface area contributed by atoms with Crippen molar-refractivity contribution >= 4 is 5.91 Å². The Morgan fingerprint density at radius 3 is 2.78 bits per heavy atom. The van der Waals surface area contributed by atoms with Gasteiger partial charge in [-0.05, 0) is 51.5 Å². The van der Waals surface area contributed by atoms with Crippen molar-refractivity contribution in [2.75, 3.05) is 13.2 Å². The molecule has 1 aromatic carbocycles. The number of ether oxygens (including phenoxy) is 2. The molecule has 0 radical (unpaired) electrons. The van der Waals surface area contributed by atoms with Gasteiger partial charge in [-0.25, -0.2) is 0 Å². The summed E-state index contributed by atoms with van der Waals surface area (Å²) in [5, 5.41) is 0. The highest BCUT2D eigenvalue weighted by Crippen LogP contribution is 2.42. The van der Waals surface area contributed by atoms with Crippen LogP contribution in [0.5, 0.6) is 11.5 Å². The van der Waals surface area contributed by atoms with Gasteiger partial charge in [-0.3, -0.25) is 4.79 Å². The Morgan fingerprint density at radius 1 is 1.30 bits per heavy atom. The molecule has 0 atom stereocenters. The first-order chi connectivity index (χ1) is 11.0. The molecule has 0 saturated heterocycles. The molecule has 0 unspecified atom stereocenters. The van der Waals surface area contributed by atoms with Crippen LogP contribution in [0.1, 0.15) is 45.1 Å². The molecule has 1 aromatic rings. The lowest BCUT2D eigenvalue weighted by atomic mass is 10.0. The number of benzene rings is 1. The summed E-state index contributed by atoms with van der Waals surface area (Å²) >= 11 is 0. The van der Waals surface area contributed by atoms with Crippen LogP contribution < -0.4 is 9.47 Å². The third kappa shape index (κ3) is 3.31. The topological polar surface area (TPSA) is 38.8 Å².